The Bertz CT molecular complexity index is 811. The quantitative estimate of drug-likeness (QED) is 0.643. The first kappa shape index (κ1) is 12.8. The van der Waals surface area contributed by atoms with Crippen molar-refractivity contribution in [2.45, 2.75) is 6.92 Å². The minimum absolute atomic E-state index is 0.440. The van der Waals surface area contributed by atoms with E-state index >= 15 is 0 Å². The topological polar surface area (TPSA) is 30.0 Å². The van der Waals surface area contributed by atoms with E-state index in [4.69, 9.17) is 11.6 Å². The number of nitrogens with zero attached hydrogens (tertiary/aromatic N) is 1. The number of halogens is 1. The molecule has 3 rings (SSSR count). The lowest BCUT2D eigenvalue weighted by Crippen LogP contribution is -1.93. The molecule has 3 heteroatoms. The third-order valence-corrected chi connectivity index (χ3v) is 3.50. The molecular formula is C17H12ClNO. The van der Waals surface area contributed by atoms with Gasteiger partial charge in [0.2, 0.25) is 0 Å². The number of aryl methyl sites for hydroxylation is 1. The van der Waals surface area contributed by atoms with Gasteiger partial charge in [-0.2, -0.15) is 0 Å². The molecule has 0 aliphatic heterocycles. The molecule has 0 unspecified atom stereocenters. The Hall–Kier alpha value is -2.19. The van der Waals surface area contributed by atoms with Crippen LogP contribution in [0.1, 0.15) is 16.1 Å². The molecule has 2 aromatic carbocycles. The van der Waals surface area contributed by atoms with Gasteiger partial charge >= 0.3 is 0 Å². The van der Waals surface area contributed by atoms with Crippen LogP contribution in [0.15, 0.2) is 54.6 Å². The average molecular weight is 282 g/mol. The summed E-state index contributed by atoms with van der Waals surface area (Å²) in [6.45, 7) is 1.96. The lowest BCUT2D eigenvalue weighted by atomic mass is 9.98. The van der Waals surface area contributed by atoms with Crippen LogP contribution in [0, 0.1) is 6.92 Å². The van der Waals surface area contributed by atoms with Gasteiger partial charge in [-0.25, -0.2) is 0 Å². The predicted molar refractivity (Wildman–Crippen MR) is 82.1 cm³/mol. The third kappa shape index (κ3) is 2.19. The van der Waals surface area contributed by atoms with Crippen LogP contribution in [0.2, 0.25) is 0 Å². The molecule has 0 amide bonds. The largest absolute Gasteiger partial charge is 0.276 e. The normalized spacial score (nSPS) is 10.7. The van der Waals surface area contributed by atoms with Gasteiger partial charge in [0.25, 0.3) is 5.24 Å². The zero-order valence-corrected chi connectivity index (χ0v) is 11.7. The summed E-state index contributed by atoms with van der Waals surface area (Å²) in [6, 6.07) is 17.3. The Balaban J connectivity index is 2.33. The molecule has 0 atom stereocenters. The molecule has 20 heavy (non-hydrogen) atoms. The summed E-state index contributed by atoms with van der Waals surface area (Å²) in [5, 5.41) is 1.40. The van der Waals surface area contributed by atoms with Gasteiger partial charge in [0.15, 0.2) is 0 Å². The highest BCUT2D eigenvalue weighted by Crippen LogP contribution is 2.30. The average Bonchev–Trinajstić information content (AvgIpc) is 2.45. The molecule has 1 heterocycles. The molecule has 98 valence electrons. The fraction of sp³-hybridized carbons (Fsp3) is 0.0588. The van der Waals surface area contributed by atoms with Gasteiger partial charge in [0, 0.05) is 16.8 Å². The molecule has 3 aromatic rings. The summed E-state index contributed by atoms with van der Waals surface area (Å²) in [5.41, 5.74) is 3.39. The summed E-state index contributed by atoms with van der Waals surface area (Å²) >= 11 is 5.65. The van der Waals surface area contributed by atoms with E-state index in [0.717, 1.165) is 27.7 Å². The van der Waals surface area contributed by atoms with Crippen molar-refractivity contribution in [1.29, 1.82) is 0 Å². The first-order valence-electron chi connectivity index (χ1n) is 6.32. The minimum Gasteiger partial charge on any atom is -0.276 e. The maximum atomic E-state index is 11.5. The molecule has 0 spiro atoms. The van der Waals surface area contributed by atoms with Crippen molar-refractivity contribution < 1.29 is 4.79 Å². The zero-order valence-electron chi connectivity index (χ0n) is 10.9. The van der Waals surface area contributed by atoms with Crippen LogP contribution >= 0.6 is 11.6 Å². The van der Waals surface area contributed by atoms with Crippen LogP contribution in [0.25, 0.3) is 22.0 Å². The van der Waals surface area contributed by atoms with E-state index in [9.17, 15) is 4.79 Å². The molecule has 0 saturated carbocycles. The predicted octanol–water partition coefficient (Wildman–Crippen LogP) is 4.59. The van der Waals surface area contributed by atoms with E-state index < -0.39 is 5.24 Å². The van der Waals surface area contributed by atoms with Crippen molar-refractivity contribution >= 4 is 27.6 Å². The SMILES string of the molecule is Cc1cccc(-c2cccc3c(C(=O)Cl)cccc23)n1. The molecule has 0 bridgehead atoms. The van der Waals surface area contributed by atoms with Crippen LogP contribution in [0.4, 0.5) is 0 Å². The van der Waals surface area contributed by atoms with Crippen LogP contribution in [0.3, 0.4) is 0 Å². The highest BCUT2D eigenvalue weighted by Gasteiger charge is 2.10. The van der Waals surface area contributed by atoms with Crippen LogP contribution in [-0.2, 0) is 0 Å². The molecular weight excluding hydrogens is 270 g/mol. The molecule has 0 aliphatic rings. The van der Waals surface area contributed by atoms with Gasteiger partial charge in [-0.1, -0.05) is 36.4 Å². The summed E-state index contributed by atoms with van der Waals surface area (Å²) in [6.07, 6.45) is 0. The second-order valence-corrected chi connectivity index (χ2v) is 4.99. The number of carbonyl (C=O) groups excluding carboxylic acids is 1. The number of fused-ring (bicyclic) bond motifs is 1. The van der Waals surface area contributed by atoms with Gasteiger partial charge in [-0.15, -0.1) is 0 Å². The van der Waals surface area contributed by atoms with Crippen molar-refractivity contribution in [2.75, 3.05) is 0 Å². The lowest BCUT2D eigenvalue weighted by Gasteiger charge is -2.08. The Kier molecular flexibility index (Phi) is 3.25. The molecule has 0 fully saturated rings. The van der Waals surface area contributed by atoms with Gasteiger partial charge in [0.05, 0.1) is 5.69 Å². The Morgan fingerprint density at radius 1 is 0.950 bits per heavy atom. The monoisotopic (exact) mass is 281 g/mol. The van der Waals surface area contributed by atoms with E-state index in [0.29, 0.717) is 5.56 Å². The number of hydrogen-bond donors (Lipinski definition) is 0. The number of pyridine rings is 1. The van der Waals surface area contributed by atoms with Crippen LogP contribution in [0.5, 0.6) is 0 Å². The first-order valence-corrected chi connectivity index (χ1v) is 6.70. The lowest BCUT2D eigenvalue weighted by molar-refractivity contribution is 0.108. The molecule has 2 nitrogen and oxygen atoms in total. The van der Waals surface area contributed by atoms with Crippen molar-refractivity contribution in [3.63, 3.8) is 0 Å². The smallest absolute Gasteiger partial charge is 0.253 e. The molecule has 1 aromatic heterocycles. The van der Waals surface area contributed by atoms with Crippen molar-refractivity contribution in [3.8, 4) is 11.3 Å². The maximum absolute atomic E-state index is 11.5. The van der Waals surface area contributed by atoms with E-state index in [2.05, 4.69) is 4.98 Å². The van der Waals surface area contributed by atoms with Gasteiger partial charge < -0.3 is 0 Å². The first-order chi connectivity index (χ1) is 9.66. The van der Waals surface area contributed by atoms with E-state index in [1.807, 2.05) is 55.5 Å². The van der Waals surface area contributed by atoms with E-state index in [1.165, 1.54) is 0 Å². The number of benzene rings is 2. The Morgan fingerprint density at radius 2 is 1.65 bits per heavy atom. The standard InChI is InChI=1S/C17H12ClNO/c1-11-5-2-10-16(19-11)14-8-3-7-13-12(14)6-4-9-15(13)17(18)20/h2-10H,1H3. The second-order valence-electron chi connectivity index (χ2n) is 4.64. The summed E-state index contributed by atoms with van der Waals surface area (Å²) in [5.74, 6) is 0. The molecule has 0 radical (unpaired) electrons. The van der Waals surface area contributed by atoms with Gasteiger partial charge in [-0.05, 0) is 47.5 Å². The zero-order chi connectivity index (χ0) is 14.1. The van der Waals surface area contributed by atoms with E-state index in [-0.39, 0.29) is 0 Å². The van der Waals surface area contributed by atoms with Gasteiger partial charge in [0.1, 0.15) is 0 Å². The van der Waals surface area contributed by atoms with E-state index in [1.54, 1.807) is 6.07 Å². The Morgan fingerprint density at radius 3 is 2.40 bits per heavy atom. The number of aromatic nitrogens is 1. The van der Waals surface area contributed by atoms with Crippen LogP contribution in [-0.4, -0.2) is 10.2 Å². The van der Waals surface area contributed by atoms with Crippen LogP contribution < -0.4 is 0 Å². The number of carbonyl (C=O) groups is 1. The van der Waals surface area contributed by atoms with Crippen molar-refractivity contribution in [3.05, 3.63) is 65.9 Å². The Labute approximate surface area is 122 Å². The third-order valence-electron chi connectivity index (χ3n) is 3.30. The highest BCUT2D eigenvalue weighted by molar-refractivity contribution is 6.68. The number of rotatable bonds is 2. The maximum Gasteiger partial charge on any atom is 0.253 e. The molecule has 0 aliphatic carbocycles. The molecule has 0 saturated heterocycles. The van der Waals surface area contributed by atoms with Gasteiger partial charge in [-0.3, -0.25) is 9.78 Å². The fourth-order valence-electron chi connectivity index (χ4n) is 2.40. The second kappa shape index (κ2) is 5.06. The van der Waals surface area contributed by atoms with Crippen molar-refractivity contribution in [1.82, 2.24) is 4.98 Å². The molecule has 0 N–H and O–H groups in total. The summed E-state index contributed by atoms with van der Waals surface area (Å²) < 4.78 is 0. The minimum atomic E-state index is -0.440. The summed E-state index contributed by atoms with van der Waals surface area (Å²) in [7, 11) is 0. The van der Waals surface area contributed by atoms with Crippen molar-refractivity contribution in [2.24, 2.45) is 0 Å². The fourth-order valence-corrected chi connectivity index (χ4v) is 2.56. The summed E-state index contributed by atoms with van der Waals surface area (Å²) in [4.78, 5) is 16.1. The highest BCUT2D eigenvalue weighted by atomic mass is 35.5. The number of hydrogen-bond acceptors (Lipinski definition) is 2.